The Kier molecular flexibility index (Phi) is 3.32. The van der Waals surface area contributed by atoms with Gasteiger partial charge in [0.25, 0.3) is 0 Å². The maximum absolute atomic E-state index is 6.13. The normalized spacial score (nSPS) is 17.1. The number of nitrogen functional groups attached to an aromatic ring is 1. The summed E-state index contributed by atoms with van der Waals surface area (Å²) in [6.07, 6.45) is 4.87. The average Bonchev–Trinajstić information content (AvgIpc) is 2.72. The molecule has 4 nitrogen and oxygen atoms in total. The molecule has 2 aromatic rings. The number of nitrogens with zero attached hydrogens (tertiary/aromatic N) is 2. The molecule has 4 heteroatoms. The highest BCUT2D eigenvalue weighted by molar-refractivity contribution is 5.84. The first kappa shape index (κ1) is 13.3. The van der Waals surface area contributed by atoms with Crippen molar-refractivity contribution in [3.05, 3.63) is 18.2 Å². The van der Waals surface area contributed by atoms with Gasteiger partial charge in [0.05, 0.1) is 12.1 Å². The van der Waals surface area contributed by atoms with E-state index in [1.807, 2.05) is 12.1 Å². The van der Waals surface area contributed by atoms with Gasteiger partial charge >= 0.3 is 0 Å². The fourth-order valence-electron chi connectivity index (χ4n) is 2.95. The summed E-state index contributed by atoms with van der Waals surface area (Å²) < 4.78 is 7.92. The van der Waals surface area contributed by atoms with Crippen LogP contribution in [0.15, 0.2) is 18.2 Å². The van der Waals surface area contributed by atoms with Gasteiger partial charge in [-0.1, -0.05) is 26.3 Å². The van der Waals surface area contributed by atoms with Crippen LogP contribution in [0, 0.1) is 5.41 Å². The largest absolute Gasteiger partial charge is 0.491 e. The van der Waals surface area contributed by atoms with Crippen LogP contribution >= 0.6 is 0 Å². The van der Waals surface area contributed by atoms with Crippen LogP contribution in [0.4, 0.5) is 5.95 Å². The summed E-state index contributed by atoms with van der Waals surface area (Å²) in [4.78, 5) is 4.52. The molecule has 1 aliphatic rings. The molecule has 0 amide bonds. The number of hydrogen-bond acceptors (Lipinski definition) is 3. The van der Waals surface area contributed by atoms with E-state index in [1.165, 1.54) is 19.3 Å². The van der Waals surface area contributed by atoms with Gasteiger partial charge in [0.2, 0.25) is 5.95 Å². The molecule has 1 aromatic heterocycles. The van der Waals surface area contributed by atoms with Crippen LogP contribution in [-0.4, -0.2) is 16.2 Å². The quantitative estimate of drug-likeness (QED) is 0.905. The second-order valence-corrected chi connectivity index (χ2v) is 6.19. The molecule has 1 heterocycles. The lowest BCUT2D eigenvalue weighted by Crippen LogP contribution is -2.31. The summed E-state index contributed by atoms with van der Waals surface area (Å²) in [6.45, 7) is 6.10. The first-order chi connectivity index (χ1) is 9.63. The van der Waals surface area contributed by atoms with Crippen molar-refractivity contribution in [2.75, 3.05) is 12.3 Å². The van der Waals surface area contributed by atoms with Gasteiger partial charge in [0, 0.05) is 6.54 Å². The Bertz CT molecular complexity index is 613. The molecular weight excluding hydrogens is 250 g/mol. The fraction of sp³-hybridized carbons (Fsp3) is 0.562. The van der Waals surface area contributed by atoms with E-state index in [2.05, 4.69) is 29.5 Å². The van der Waals surface area contributed by atoms with Gasteiger partial charge in [-0.2, -0.15) is 0 Å². The zero-order valence-electron chi connectivity index (χ0n) is 12.4. The molecule has 0 atom stereocenters. The van der Waals surface area contributed by atoms with Crippen molar-refractivity contribution in [2.45, 2.75) is 46.1 Å². The molecule has 2 N–H and O–H groups in total. The van der Waals surface area contributed by atoms with Gasteiger partial charge in [-0.25, -0.2) is 4.98 Å². The average molecular weight is 273 g/mol. The molecule has 1 aliphatic carbocycles. The molecule has 3 rings (SSSR count). The number of ether oxygens (including phenoxy) is 1. The third-order valence-corrected chi connectivity index (χ3v) is 4.33. The van der Waals surface area contributed by atoms with E-state index in [9.17, 15) is 0 Å². The smallest absolute Gasteiger partial charge is 0.201 e. The van der Waals surface area contributed by atoms with Crippen molar-refractivity contribution >= 4 is 17.0 Å². The third-order valence-electron chi connectivity index (χ3n) is 4.33. The Balaban J connectivity index is 1.98. The number of rotatable bonds is 5. The van der Waals surface area contributed by atoms with E-state index in [-0.39, 0.29) is 0 Å². The van der Waals surface area contributed by atoms with Crippen LogP contribution in [0.25, 0.3) is 11.0 Å². The zero-order chi connectivity index (χ0) is 14.2. The van der Waals surface area contributed by atoms with Crippen molar-refractivity contribution in [3.8, 4) is 5.75 Å². The molecule has 1 saturated carbocycles. The predicted octanol–water partition coefficient (Wildman–Crippen LogP) is 3.60. The SMILES string of the molecule is CCCOc1cccc2c1nc(N)n2CC1(C)CCC1. The molecule has 0 unspecified atom stereocenters. The summed E-state index contributed by atoms with van der Waals surface area (Å²) in [5.41, 5.74) is 8.49. The topological polar surface area (TPSA) is 53.1 Å². The summed E-state index contributed by atoms with van der Waals surface area (Å²) in [7, 11) is 0. The maximum atomic E-state index is 6.13. The molecule has 20 heavy (non-hydrogen) atoms. The van der Waals surface area contributed by atoms with Crippen LogP contribution in [0.5, 0.6) is 5.75 Å². The van der Waals surface area contributed by atoms with Crippen molar-refractivity contribution in [2.24, 2.45) is 5.41 Å². The first-order valence-electron chi connectivity index (χ1n) is 7.50. The van der Waals surface area contributed by atoms with Crippen LogP contribution in [0.1, 0.15) is 39.5 Å². The van der Waals surface area contributed by atoms with Gasteiger partial charge in [-0.15, -0.1) is 0 Å². The van der Waals surface area contributed by atoms with Crippen molar-refractivity contribution in [1.29, 1.82) is 0 Å². The third kappa shape index (κ3) is 2.23. The lowest BCUT2D eigenvalue weighted by molar-refractivity contribution is 0.135. The molecule has 108 valence electrons. The highest BCUT2D eigenvalue weighted by Crippen LogP contribution is 2.43. The molecule has 0 radical (unpaired) electrons. The highest BCUT2D eigenvalue weighted by Gasteiger charge is 2.33. The number of fused-ring (bicyclic) bond motifs is 1. The van der Waals surface area contributed by atoms with Crippen molar-refractivity contribution in [1.82, 2.24) is 9.55 Å². The van der Waals surface area contributed by atoms with E-state index in [0.29, 0.717) is 18.0 Å². The van der Waals surface area contributed by atoms with Crippen LogP contribution < -0.4 is 10.5 Å². The molecular formula is C16H23N3O. The van der Waals surface area contributed by atoms with Crippen LogP contribution in [0.2, 0.25) is 0 Å². The molecule has 0 bridgehead atoms. The van der Waals surface area contributed by atoms with Crippen LogP contribution in [0.3, 0.4) is 0 Å². The summed E-state index contributed by atoms with van der Waals surface area (Å²) in [5, 5.41) is 0. The van der Waals surface area contributed by atoms with Gasteiger partial charge in [0.15, 0.2) is 0 Å². The van der Waals surface area contributed by atoms with Crippen LogP contribution in [-0.2, 0) is 6.54 Å². The van der Waals surface area contributed by atoms with Crippen molar-refractivity contribution in [3.63, 3.8) is 0 Å². The number of aromatic nitrogens is 2. The number of imidazole rings is 1. The number of hydrogen-bond donors (Lipinski definition) is 1. The molecule has 0 aliphatic heterocycles. The van der Waals surface area contributed by atoms with Gasteiger partial charge < -0.3 is 15.0 Å². The number of anilines is 1. The minimum Gasteiger partial charge on any atom is -0.491 e. The summed E-state index contributed by atoms with van der Waals surface area (Å²) in [6, 6.07) is 6.08. The van der Waals surface area contributed by atoms with E-state index < -0.39 is 0 Å². The Morgan fingerprint density at radius 3 is 2.85 bits per heavy atom. The number of nitrogens with two attached hydrogens (primary N) is 1. The highest BCUT2D eigenvalue weighted by atomic mass is 16.5. The Labute approximate surface area is 119 Å². The fourth-order valence-corrected chi connectivity index (χ4v) is 2.95. The lowest BCUT2D eigenvalue weighted by Gasteiger charge is -2.38. The van der Waals surface area contributed by atoms with Crippen molar-refractivity contribution < 1.29 is 4.74 Å². The minimum atomic E-state index is 0.377. The molecule has 0 spiro atoms. The predicted molar refractivity (Wildman–Crippen MR) is 81.9 cm³/mol. The van der Waals surface area contributed by atoms with Gasteiger partial charge in [-0.3, -0.25) is 0 Å². The number of para-hydroxylation sites is 1. The Morgan fingerprint density at radius 1 is 1.40 bits per heavy atom. The minimum absolute atomic E-state index is 0.377. The Morgan fingerprint density at radius 2 is 2.20 bits per heavy atom. The Hall–Kier alpha value is -1.71. The zero-order valence-corrected chi connectivity index (χ0v) is 12.4. The summed E-state index contributed by atoms with van der Waals surface area (Å²) >= 11 is 0. The number of benzene rings is 1. The molecule has 0 saturated heterocycles. The second-order valence-electron chi connectivity index (χ2n) is 6.19. The monoisotopic (exact) mass is 273 g/mol. The second kappa shape index (κ2) is 5.00. The van der Waals surface area contributed by atoms with E-state index in [0.717, 1.165) is 29.7 Å². The maximum Gasteiger partial charge on any atom is 0.201 e. The standard InChI is InChI=1S/C16H23N3O/c1-3-10-20-13-7-4-6-12-14(13)18-15(17)19(12)11-16(2)8-5-9-16/h4,6-7H,3,5,8-11H2,1-2H3,(H2,17,18). The molecule has 1 aromatic carbocycles. The van der Waals surface area contributed by atoms with Gasteiger partial charge in [-0.05, 0) is 36.8 Å². The van der Waals surface area contributed by atoms with E-state index in [4.69, 9.17) is 10.5 Å². The van der Waals surface area contributed by atoms with Gasteiger partial charge in [0.1, 0.15) is 11.3 Å². The lowest BCUT2D eigenvalue weighted by atomic mass is 9.70. The van der Waals surface area contributed by atoms with E-state index in [1.54, 1.807) is 0 Å². The molecule has 1 fully saturated rings. The van der Waals surface area contributed by atoms with E-state index >= 15 is 0 Å². The summed E-state index contributed by atoms with van der Waals surface area (Å²) in [5.74, 6) is 1.44. The first-order valence-corrected chi connectivity index (χ1v) is 7.50.